The van der Waals surface area contributed by atoms with Gasteiger partial charge in [0.15, 0.2) is 17.5 Å². The minimum absolute atomic E-state index is 0.621. The smallest absolute Gasteiger partial charge is 0.164 e. The van der Waals surface area contributed by atoms with Gasteiger partial charge >= 0.3 is 0 Å². The number of rotatable bonds is 5. The quantitative estimate of drug-likeness (QED) is 0.167. The number of nitrogens with zero attached hydrogens (tertiary/aromatic N) is 4. The molecule has 0 amide bonds. The molecular weight excluding hydrogens is 681 g/mol. The average molecular weight is 713 g/mol. The van der Waals surface area contributed by atoms with E-state index in [2.05, 4.69) is 194 Å². The van der Waals surface area contributed by atoms with E-state index in [1.54, 1.807) is 0 Å². The molecule has 0 radical (unpaired) electrons. The van der Waals surface area contributed by atoms with E-state index in [0.717, 1.165) is 66.1 Å². The molecule has 0 aliphatic carbocycles. The minimum atomic E-state index is 0.621. The molecule has 56 heavy (non-hydrogen) atoms. The Morgan fingerprint density at radius 1 is 0.268 bits per heavy atom. The van der Waals surface area contributed by atoms with Crippen LogP contribution in [-0.4, -0.2) is 19.9 Å². The summed E-state index contributed by atoms with van der Waals surface area (Å²) in [5, 5.41) is 10.5. The van der Waals surface area contributed by atoms with Crippen molar-refractivity contribution in [3.8, 4) is 56.5 Å². The molecule has 0 spiro atoms. The molecule has 0 N–H and O–H groups in total. The summed E-state index contributed by atoms with van der Waals surface area (Å²) in [6.07, 6.45) is 0. The van der Waals surface area contributed by atoms with Crippen molar-refractivity contribution < 1.29 is 0 Å². The van der Waals surface area contributed by atoms with Gasteiger partial charge in [-0.25, -0.2) is 19.9 Å². The van der Waals surface area contributed by atoms with Crippen molar-refractivity contribution in [1.29, 1.82) is 0 Å². The topological polar surface area (TPSA) is 51.6 Å². The summed E-state index contributed by atoms with van der Waals surface area (Å²) in [6, 6.07) is 68.2. The molecule has 2 heterocycles. The van der Waals surface area contributed by atoms with Crippen LogP contribution >= 0.6 is 0 Å². The van der Waals surface area contributed by atoms with Crippen LogP contribution in [-0.2, 0) is 0 Å². The highest BCUT2D eigenvalue weighted by atomic mass is 15.0. The van der Waals surface area contributed by atoms with Gasteiger partial charge in [0.1, 0.15) is 0 Å². The van der Waals surface area contributed by atoms with E-state index in [-0.39, 0.29) is 0 Å². The summed E-state index contributed by atoms with van der Waals surface area (Å²) in [7, 11) is 0. The molecule has 2 aromatic heterocycles. The normalized spacial score (nSPS) is 11.6. The Balaban J connectivity index is 1.13. The third-order valence-electron chi connectivity index (χ3n) is 10.8. The first-order valence-electron chi connectivity index (χ1n) is 18.9. The molecule has 260 valence electrons. The molecule has 9 aromatic carbocycles. The van der Waals surface area contributed by atoms with Crippen LogP contribution < -0.4 is 0 Å². The van der Waals surface area contributed by atoms with Gasteiger partial charge in [0.2, 0.25) is 0 Å². The maximum absolute atomic E-state index is 5.27. The van der Waals surface area contributed by atoms with Crippen LogP contribution in [0.3, 0.4) is 0 Å². The molecule has 0 saturated heterocycles. The lowest BCUT2D eigenvalue weighted by molar-refractivity contribution is 1.08. The van der Waals surface area contributed by atoms with Gasteiger partial charge in [-0.05, 0) is 73.8 Å². The first-order chi connectivity index (χ1) is 27.7. The number of aromatic nitrogens is 4. The highest BCUT2D eigenvalue weighted by Gasteiger charge is 2.18. The highest BCUT2D eigenvalue weighted by Crippen LogP contribution is 2.42. The number of hydrogen-bond donors (Lipinski definition) is 0. The van der Waals surface area contributed by atoms with E-state index in [1.165, 1.54) is 26.9 Å². The molecule has 0 aliphatic rings. The molecule has 0 saturated carbocycles. The van der Waals surface area contributed by atoms with Gasteiger partial charge in [-0.1, -0.05) is 164 Å². The van der Waals surface area contributed by atoms with E-state index in [9.17, 15) is 0 Å². The third-order valence-corrected chi connectivity index (χ3v) is 10.8. The van der Waals surface area contributed by atoms with E-state index in [1.807, 2.05) is 0 Å². The summed E-state index contributed by atoms with van der Waals surface area (Å²) < 4.78 is 0. The zero-order valence-electron chi connectivity index (χ0n) is 30.3. The zero-order valence-corrected chi connectivity index (χ0v) is 30.3. The number of hydrogen-bond acceptors (Lipinski definition) is 4. The Morgan fingerprint density at radius 2 is 0.768 bits per heavy atom. The van der Waals surface area contributed by atoms with Crippen LogP contribution in [0.15, 0.2) is 194 Å². The first kappa shape index (κ1) is 31.9. The van der Waals surface area contributed by atoms with Gasteiger partial charge in [-0.2, -0.15) is 0 Å². The second-order valence-corrected chi connectivity index (χ2v) is 14.2. The fourth-order valence-corrected chi connectivity index (χ4v) is 8.12. The molecule has 0 fully saturated rings. The Labute approximate surface area is 323 Å². The van der Waals surface area contributed by atoms with Crippen molar-refractivity contribution in [3.63, 3.8) is 0 Å². The van der Waals surface area contributed by atoms with E-state index >= 15 is 0 Å². The molecule has 0 unspecified atom stereocenters. The molecule has 4 nitrogen and oxygen atoms in total. The first-order valence-corrected chi connectivity index (χ1v) is 18.9. The van der Waals surface area contributed by atoms with Crippen LogP contribution in [0, 0.1) is 0 Å². The average Bonchev–Trinajstić information content (AvgIpc) is 3.28. The van der Waals surface area contributed by atoms with Gasteiger partial charge in [-0.3, -0.25) is 0 Å². The van der Waals surface area contributed by atoms with E-state index < -0.39 is 0 Å². The third kappa shape index (κ3) is 5.47. The summed E-state index contributed by atoms with van der Waals surface area (Å²) in [5.41, 5.74) is 8.05. The maximum atomic E-state index is 5.27. The largest absolute Gasteiger partial charge is 0.247 e. The molecule has 11 rings (SSSR count). The Morgan fingerprint density at radius 3 is 1.43 bits per heavy atom. The Hall–Kier alpha value is -7.56. The lowest BCUT2D eigenvalue weighted by atomic mass is 9.89. The van der Waals surface area contributed by atoms with Crippen LogP contribution in [0.2, 0.25) is 0 Å². The fraction of sp³-hybridized carbons (Fsp3) is 0. The van der Waals surface area contributed by atoms with Gasteiger partial charge in [0.05, 0.1) is 11.2 Å². The molecule has 0 atom stereocenters. The highest BCUT2D eigenvalue weighted by molar-refractivity contribution is 6.25. The Bertz CT molecular complexity index is 3220. The van der Waals surface area contributed by atoms with Crippen LogP contribution in [0.4, 0.5) is 0 Å². The maximum Gasteiger partial charge on any atom is 0.164 e. The second-order valence-electron chi connectivity index (χ2n) is 14.2. The van der Waals surface area contributed by atoms with Gasteiger partial charge in [-0.15, -0.1) is 0 Å². The van der Waals surface area contributed by atoms with Crippen LogP contribution in [0.25, 0.3) is 111 Å². The fourth-order valence-electron chi connectivity index (χ4n) is 8.12. The summed E-state index contributed by atoms with van der Waals surface area (Å²) >= 11 is 0. The SMILES string of the molecule is c1ccc(-c2nc3ccccc3c3c2cc(-c2cccc(-c4nc(-c5ccc6ccccc6c5)nc(-c5ccc6ccccc6c5)n4)c2)c2ccccc23)cc1. The molecule has 0 bridgehead atoms. The monoisotopic (exact) mass is 712 g/mol. The van der Waals surface area contributed by atoms with Gasteiger partial charge in [0, 0.05) is 38.4 Å². The van der Waals surface area contributed by atoms with Gasteiger partial charge < -0.3 is 0 Å². The number of para-hydroxylation sites is 1. The van der Waals surface area contributed by atoms with Crippen molar-refractivity contribution in [1.82, 2.24) is 19.9 Å². The van der Waals surface area contributed by atoms with Crippen molar-refractivity contribution in [2.75, 3.05) is 0 Å². The van der Waals surface area contributed by atoms with Crippen LogP contribution in [0.5, 0.6) is 0 Å². The van der Waals surface area contributed by atoms with Crippen LogP contribution in [0.1, 0.15) is 0 Å². The molecular formula is C52H32N4. The van der Waals surface area contributed by atoms with E-state index in [0.29, 0.717) is 17.5 Å². The number of benzene rings is 9. The zero-order chi connectivity index (χ0) is 37.0. The molecule has 4 heteroatoms. The summed E-state index contributed by atoms with van der Waals surface area (Å²) in [5.74, 6) is 1.89. The molecule has 0 aliphatic heterocycles. The van der Waals surface area contributed by atoms with Crippen molar-refractivity contribution in [2.45, 2.75) is 0 Å². The van der Waals surface area contributed by atoms with Gasteiger partial charge in [0.25, 0.3) is 0 Å². The predicted molar refractivity (Wildman–Crippen MR) is 232 cm³/mol. The second kappa shape index (κ2) is 13.1. The number of fused-ring (bicyclic) bond motifs is 7. The van der Waals surface area contributed by atoms with Crippen molar-refractivity contribution in [3.05, 3.63) is 194 Å². The lowest BCUT2D eigenvalue weighted by Crippen LogP contribution is -2.00. The minimum Gasteiger partial charge on any atom is -0.247 e. The van der Waals surface area contributed by atoms with Crippen molar-refractivity contribution in [2.24, 2.45) is 0 Å². The van der Waals surface area contributed by atoms with Crippen molar-refractivity contribution >= 4 is 54.0 Å². The number of pyridine rings is 1. The standard InChI is InChI=1S/C52H32N4/c1-2-15-35(16-3-1)49-46-32-45(42-21-8-9-22-43(42)48(46)44-23-10-11-24-47(44)53-49)38-19-12-20-39(31-38)50-54-51(40-27-25-33-13-4-6-17-36(33)29-40)56-52(55-50)41-28-26-34-14-5-7-18-37(34)30-41/h1-32H. The lowest BCUT2D eigenvalue weighted by Gasteiger charge is -2.16. The summed E-state index contributed by atoms with van der Waals surface area (Å²) in [6.45, 7) is 0. The van der Waals surface area contributed by atoms with E-state index in [4.69, 9.17) is 19.9 Å². The summed E-state index contributed by atoms with van der Waals surface area (Å²) in [4.78, 5) is 20.7. The molecule has 11 aromatic rings. The predicted octanol–water partition coefficient (Wildman–Crippen LogP) is 13.4. The Kier molecular flexibility index (Phi) is 7.46.